The first-order chi connectivity index (χ1) is 8.35. The largest absolute Gasteiger partial charge is 0.504 e. The van der Waals surface area contributed by atoms with Gasteiger partial charge in [-0.25, -0.2) is 0 Å². The van der Waals surface area contributed by atoms with Crippen LogP contribution in [0.25, 0.3) is 0 Å². The Morgan fingerprint density at radius 3 is 2.50 bits per heavy atom. The monoisotopic (exact) mass is 251 g/mol. The minimum Gasteiger partial charge on any atom is -0.504 e. The van der Waals surface area contributed by atoms with Gasteiger partial charge < -0.3 is 20.2 Å². The number of carbonyl (C=O) groups is 1. The highest BCUT2D eigenvalue weighted by Crippen LogP contribution is 2.33. The van der Waals surface area contributed by atoms with Crippen LogP contribution in [0.3, 0.4) is 0 Å². The number of nitrogens with zero attached hydrogens (tertiary/aromatic N) is 1. The summed E-state index contributed by atoms with van der Waals surface area (Å²) in [5.41, 5.74) is -0.789. The van der Waals surface area contributed by atoms with Gasteiger partial charge in [-0.05, 0) is 18.1 Å². The molecule has 0 aliphatic carbocycles. The van der Waals surface area contributed by atoms with Crippen LogP contribution in [-0.2, 0) is 0 Å². The van der Waals surface area contributed by atoms with Gasteiger partial charge in [0.2, 0.25) is 0 Å². The fourth-order valence-corrected chi connectivity index (χ4v) is 2.00. The first kappa shape index (κ1) is 12.7. The molecule has 2 rings (SSSR count). The van der Waals surface area contributed by atoms with Gasteiger partial charge in [-0.1, -0.05) is 19.9 Å². The van der Waals surface area contributed by atoms with Crippen LogP contribution < -0.4 is 0 Å². The van der Waals surface area contributed by atoms with Crippen molar-refractivity contribution in [1.29, 1.82) is 0 Å². The van der Waals surface area contributed by atoms with Crippen LogP contribution in [0, 0.1) is 5.92 Å². The predicted octanol–water partition coefficient (Wildman–Crippen LogP) is 0.941. The number of benzene rings is 1. The van der Waals surface area contributed by atoms with Gasteiger partial charge >= 0.3 is 0 Å². The van der Waals surface area contributed by atoms with Crippen molar-refractivity contribution >= 4 is 5.91 Å². The van der Waals surface area contributed by atoms with Crippen molar-refractivity contribution in [1.82, 2.24) is 4.90 Å². The summed E-state index contributed by atoms with van der Waals surface area (Å²) in [6.45, 7) is 4.29. The zero-order chi connectivity index (χ0) is 13.5. The smallest absolute Gasteiger partial charge is 0.257 e. The first-order valence-electron chi connectivity index (χ1n) is 5.88. The van der Waals surface area contributed by atoms with E-state index in [2.05, 4.69) is 0 Å². The number of likely N-dealkylation sites (tertiary alicyclic amines) is 1. The van der Waals surface area contributed by atoms with E-state index in [1.807, 2.05) is 13.8 Å². The van der Waals surface area contributed by atoms with Crippen molar-refractivity contribution in [3.8, 4) is 11.5 Å². The summed E-state index contributed by atoms with van der Waals surface area (Å²) in [7, 11) is 0. The molecule has 1 aromatic carbocycles. The number of carbonyl (C=O) groups excluding carboxylic acids is 1. The van der Waals surface area contributed by atoms with E-state index in [0.717, 1.165) is 0 Å². The maximum Gasteiger partial charge on any atom is 0.257 e. The fraction of sp³-hybridized carbons (Fsp3) is 0.462. The molecule has 1 heterocycles. The Bertz CT molecular complexity index is 478. The number of aromatic hydroxyl groups is 2. The third kappa shape index (κ3) is 1.90. The fourth-order valence-electron chi connectivity index (χ4n) is 2.00. The van der Waals surface area contributed by atoms with Crippen LogP contribution in [0.1, 0.15) is 24.2 Å². The minimum absolute atomic E-state index is 0.0563. The number of rotatable bonds is 2. The van der Waals surface area contributed by atoms with Crippen molar-refractivity contribution in [2.45, 2.75) is 19.4 Å². The van der Waals surface area contributed by atoms with Crippen LogP contribution >= 0.6 is 0 Å². The minimum atomic E-state index is -0.845. The highest BCUT2D eigenvalue weighted by Gasteiger charge is 2.46. The van der Waals surface area contributed by atoms with Crippen molar-refractivity contribution in [2.24, 2.45) is 5.92 Å². The first-order valence-corrected chi connectivity index (χ1v) is 5.88. The predicted molar refractivity (Wildman–Crippen MR) is 65.5 cm³/mol. The molecular weight excluding hydrogens is 234 g/mol. The summed E-state index contributed by atoms with van der Waals surface area (Å²) in [6, 6.07) is 4.26. The topological polar surface area (TPSA) is 81.0 Å². The van der Waals surface area contributed by atoms with E-state index in [-0.39, 0.29) is 36.2 Å². The van der Waals surface area contributed by atoms with E-state index in [0.29, 0.717) is 0 Å². The van der Waals surface area contributed by atoms with Gasteiger partial charge in [-0.2, -0.15) is 0 Å². The second-order valence-electron chi connectivity index (χ2n) is 5.09. The quantitative estimate of drug-likeness (QED) is 0.683. The van der Waals surface area contributed by atoms with Crippen LogP contribution in [0.5, 0.6) is 11.5 Å². The van der Waals surface area contributed by atoms with E-state index in [1.54, 1.807) is 0 Å². The van der Waals surface area contributed by atoms with Gasteiger partial charge in [0.25, 0.3) is 5.91 Å². The molecule has 1 fully saturated rings. The van der Waals surface area contributed by atoms with Crippen LogP contribution in [-0.4, -0.2) is 44.8 Å². The van der Waals surface area contributed by atoms with Gasteiger partial charge in [0.1, 0.15) is 5.60 Å². The molecule has 0 bridgehead atoms. The van der Waals surface area contributed by atoms with Crippen LogP contribution in [0.15, 0.2) is 18.2 Å². The lowest BCUT2D eigenvalue weighted by Crippen LogP contribution is -2.65. The highest BCUT2D eigenvalue weighted by atomic mass is 16.3. The number of aliphatic hydroxyl groups is 1. The third-order valence-corrected chi connectivity index (χ3v) is 3.54. The Kier molecular flexibility index (Phi) is 2.94. The van der Waals surface area contributed by atoms with Crippen molar-refractivity contribution in [2.75, 3.05) is 13.1 Å². The Morgan fingerprint density at radius 2 is 1.94 bits per heavy atom. The zero-order valence-electron chi connectivity index (χ0n) is 10.4. The van der Waals surface area contributed by atoms with E-state index < -0.39 is 11.4 Å². The molecule has 1 aliphatic rings. The molecule has 0 saturated carbocycles. The molecule has 1 saturated heterocycles. The molecule has 3 N–H and O–H groups in total. The lowest BCUT2D eigenvalue weighted by molar-refractivity contribution is -0.110. The Morgan fingerprint density at radius 1 is 1.33 bits per heavy atom. The van der Waals surface area contributed by atoms with Crippen molar-refractivity contribution in [3.63, 3.8) is 0 Å². The summed E-state index contributed by atoms with van der Waals surface area (Å²) in [5.74, 6) is -1.05. The molecule has 5 heteroatoms. The number of amides is 1. The van der Waals surface area contributed by atoms with E-state index in [9.17, 15) is 20.1 Å². The molecule has 0 spiro atoms. The van der Waals surface area contributed by atoms with Crippen LogP contribution in [0.4, 0.5) is 0 Å². The van der Waals surface area contributed by atoms with Crippen molar-refractivity contribution < 1.29 is 20.1 Å². The summed E-state index contributed by atoms with van der Waals surface area (Å²) < 4.78 is 0. The Labute approximate surface area is 105 Å². The molecule has 0 unspecified atom stereocenters. The summed E-state index contributed by atoms with van der Waals surface area (Å²) in [6.07, 6.45) is 0. The normalized spacial score (nSPS) is 17.7. The average Bonchev–Trinajstić information content (AvgIpc) is 2.27. The molecule has 98 valence electrons. The molecule has 1 aromatic rings. The van der Waals surface area contributed by atoms with E-state index in [4.69, 9.17) is 0 Å². The number of para-hydroxylation sites is 1. The van der Waals surface area contributed by atoms with Gasteiger partial charge in [0, 0.05) is 0 Å². The van der Waals surface area contributed by atoms with Gasteiger partial charge in [0.05, 0.1) is 18.7 Å². The number of phenols is 2. The standard InChI is InChI=1S/C13H17NO4/c1-8(2)13(18)6-14(7-13)12(17)9-4-3-5-10(15)11(9)16/h3-5,8,15-16,18H,6-7H2,1-2H3. The number of phenolic OH excluding ortho intramolecular Hbond substituents is 2. The van der Waals surface area contributed by atoms with Gasteiger partial charge in [-0.15, -0.1) is 0 Å². The molecule has 0 aromatic heterocycles. The second-order valence-corrected chi connectivity index (χ2v) is 5.09. The van der Waals surface area contributed by atoms with Gasteiger partial charge in [0.15, 0.2) is 11.5 Å². The molecule has 1 amide bonds. The summed E-state index contributed by atoms with van der Waals surface area (Å²) in [4.78, 5) is 13.5. The number of hydrogen-bond donors (Lipinski definition) is 3. The molecule has 1 aliphatic heterocycles. The molecule has 18 heavy (non-hydrogen) atoms. The van der Waals surface area contributed by atoms with Crippen LogP contribution in [0.2, 0.25) is 0 Å². The highest BCUT2D eigenvalue weighted by molar-refractivity contribution is 5.98. The van der Waals surface area contributed by atoms with Crippen molar-refractivity contribution in [3.05, 3.63) is 23.8 Å². The lowest BCUT2D eigenvalue weighted by atomic mass is 9.82. The Hall–Kier alpha value is -1.75. The molecular formula is C13H17NO4. The number of hydrogen-bond acceptors (Lipinski definition) is 4. The Balaban J connectivity index is 2.13. The molecule has 0 atom stereocenters. The molecule has 0 radical (unpaired) electrons. The summed E-state index contributed by atoms with van der Waals surface area (Å²) in [5, 5.41) is 29.0. The summed E-state index contributed by atoms with van der Waals surface area (Å²) >= 11 is 0. The van der Waals surface area contributed by atoms with E-state index in [1.165, 1.54) is 23.1 Å². The zero-order valence-corrected chi connectivity index (χ0v) is 10.4. The lowest BCUT2D eigenvalue weighted by Gasteiger charge is -2.49. The molecule has 5 nitrogen and oxygen atoms in total. The van der Waals surface area contributed by atoms with E-state index >= 15 is 0 Å². The maximum atomic E-state index is 12.1. The third-order valence-electron chi connectivity index (χ3n) is 3.54. The van der Waals surface area contributed by atoms with Gasteiger partial charge in [-0.3, -0.25) is 4.79 Å². The second kappa shape index (κ2) is 4.17. The maximum absolute atomic E-state index is 12.1. The SMILES string of the molecule is CC(C)C1(O)CN(C(=O)c2cccc(O)c2O)C1. The average molecular weight is 251 g/mol. The number of β-amino-alcohol motifs (C(OH)–C–C–N with tert-alkyl or cyclic N) is 1.